The second-order valence-corrected chi connectivity index (χ2v) is 7.88. The number of phenols is 2. The van der Waals surface area contributed by atoms with Crippen molar-refractivity contribution >= 4 is 23.5 Å². The molecule has 1 amide bonds. The molecule has 31 heavy (non-hydrogen) atoms. The normalized spacial score (nSPS) is 15.1. The summed E-state index contributed by atoms with van der Waals surface area (Å²) in [6, 6.07) is 20.0. The molecule has 0 saturated heterocycles. The van der Waals surface area contributed by atoms with E-state index >= 15 is 0 Å². The monoisotopic (exact) mass is 412 g/mol. The van der Waals surface area contributed by atoms with E-state index in [2.05, 4.69) is 4.99 Å². The highest BCUT2D eigenvalue weighted by Gasteiger charge is 2.33. The van der Waals surface area contributed by atoms with Gasteiger partial charge in [-0.15, -0.1) is 0 Å². The molecule has 3 aromatic carbocycles. The highest BCUT2D eigenvalue weighted by atomic mass is 16.3. The van der Waals surface area contributed by atoms with Crippen LogP contribution in [0.25, 0.3) is 6.08 Å². The predicted molar refractivity (Wildman–Crippen MR) is 123 cm³/mol. The van der Waals surface area contributed by atoms with Gasteiger partial charge in [0.2, 0.25) is 0 Å². The van der Waals surface area contributed by atoms with Crippen LogP contribution in [0.3, 0.4) is 0 Å². The van der Waals surface area contributed by atoms with Gasteiger partial charge in [-0.1, -0.05) is 62.4 Å². The summed E-state index contributed by atoms with van der Waals surface area (Å²) >= 11 is 0. The molecule has 0 aliphatic carbocycles. The third-order valence-corrected chi connectivity index (χ3v) is 5.35. The van der Waals surface area contributed by atoms with Gasteiger partial charge in [0.15, 0.2) is 0 Å². The van der Waals surface area contributed by atoms with Crippen molar-refractivity contribution in [2.24, 2.45) is 4.99 Å². The van der Waals surface area contributed by atoms with E-state index in [0.29, 0.717) is 17.1 Å². The first kappa shape index (κ1) is 20.4. The highest BCUT2D eigenvalue weighted by Crippen LogP contribution is 2.38. The Balaban J connectivity index is 1.95. The summed E-state index contributed by atoms with van der Waals surface area (Å²) in [6.07, 6.45) is 1.65. The van der Waals surface area contributed by atoms with Crippen LogP contribution in [-0.4, -0.2) is 22.0 Å². The smallest absolute Gasteiger partial charge is 0.296 e. The number of phenolic OH excluding ortho intramolecular Hbond substituents is 2. The standard InChI is InChI=1S/C26H24N2O3/c1-16(2)20-15-21(17(3)13-24(20)30)28-22(14-19-11-7-8-12-23(19)29)26(31)27-25(28)18-9-5-4-6-10-18/h4-16,29-30H,1-3H3/b22-14-. The molecule has 1 aliphatic rings. The molecular weight excluding hydrogens is 388 g/mol. The van der Waals surface area contributed by atoms with E-state index in [1.54, 1.807) is 36.4 Å². The van der Waals surface area contributed by atoms with Crippen LogP contribution < -0.4 is 4.90 Å². The number of aliphatic imine (C=N–C) groups is 1. The first-order valence-corrected chi connectivity index (χ1v) is 10.2. The molecule has 5 nitrogen and oxygen atoms in total. The number of carbonyl (C=O) groups excluding carboxylic acids is 1. The van der Waals surface area contributed by atoms with E-state index in [1.807, 2.05) is 62.1 Å². The summed E-state index contributed by atoms with van der Waals surface area (Å²) in [5.74, 6) is 0.532. The van der Waals surface area contributed by atoms with Gasteiger partial charge in [0.05, 0.1) is 5.69 Å². The number of para-hydroxylation sites is 1. The number of aryl methyl sites for hydroxylation is 1. The molecule has 156 valence electrons. The third kappa shape index (κ3) is 3.82. The van der Waals surface area contributed by atoms with E-state index in [9.17, 15) is 15.0 Å². The van der Waals surface area contributed by atoms with Gasteiger partial charge in [0, 0.05) is 11.1 Å². The fraction of sp³-hybridized carbons (Fsp3) is 0.154. The second-order valence-electron chi connectivity index (χ2n) is 7.88. The van der Waals surface area contributed by atoms with Crippen molar-refractivity contribution in [1.82, 2.24) is 0 Å². The first-order chi connectivity index (χ1) is 14.9. The molecule has 0 radical (unpaired) electrons. The van der Waals surface area contributed by atoms with Gasteiger partial charge in [0.25, 0.3) is 5.91 Å². The number of aromatic hydroxyl groups is 2. The van der Waals surface area contributed by atoms with E-state index in [4.69, 9.17) is 0 Å². The van der Waals surface area contributed by atoms with Crippen molar-refractivity contribution in [2.45, 2.75) is 26.7 Å². The lowest BCUT2D eigenvalue weighted by atomic mass is 9.98. The quantitative estimate of drug-likeness (QED) is 0.566. The molecule has 4 rings (SSSR count). The number of carbonyl (C=O) groups is 1. The second kappa shape index (κ2) is 8.11. The third-order valence-electron chi connectivity index (χ3n) is 5.35. The molecule has 3 aromatic rings. The van der Waals surface area contributed by atoms with Gasteiger partial charge < -0.3 is 10.2 Å². The number of amidine groups is 1. The number of nitrogens with zero attached hydrogens (tertiary/aromatic N) is 2. The zero-order valence-corrected chi connectivity index (χ0v) is 17.7. The highest BCUT2D eigenvalue weighted by molar-refractivity contribution is 6.28. The van der Waals surface area contributed by atoms with E-state index in [-0.39, 0.29) is 23.3 Å². The summed E-state index contributed by atoms with van der Waals surface area (Å²) in [6.45, 7) is 5.91. The maximum absolute atomic E-state index is 13.0. The molecule has 1 aliphatic heterocycles. The molecule has 0 spiro atoms. The van der Waals surface area contributed by atoms with Crippen LogP contribution in [0.15, 0.2) is 77.4 Å². The molecule has 0 saturated carbocycles. The average molecular weight is 412 g/mol. The van der Waals surface area contributed by atoms with Crippen LogP contribution in [-0.2, 0) is 4.79 Å². The summed E-state index contributed by atoms with van der Waals surface area (Å²) in [5, 5.41) is 20.7. The molecule has 0 unspecified atom stereocenters. The van der Waals surface area contributed by atoms with Crippen LogP contribution in [0.1, 0.15) is 42.0 Å². The van der Waals surface area contributed by atoms with E-state index in [0.717, 1.165) is 22.4 Å². The Morgan fingerprint density at radius 2 is 1.61 bits per heavy atom. The SMILES string of the molecule is Cc1cc(O)c(C(C)C)cc1N1C(c2ccccc2)=NC(=O)/C1=C/c1ccccc1O. The molecule has 0 atom stereocenters. The van der Waals surface area contributed by atoms with Crippen LogP contribution in [0, 0.1) is 6.92 Å². The van der Waals surface area contributed by atoms with Crippen LogP contribution in [0.2, 0.25) is 0 Å². The fourth-order valence-corrected chi connectivity index (χ4v) is 3.72. The maximum atomic E-state index is 13.0. The Labute approximate surface area is 181 Å². The zero-order chi connectivity index (χ0) is 22.1. The summed E-state index contributed by atoms with van der Waals surface area (Å²) in [5.41, 5.74) is 4.02. The van der Waals surface area contributed by atoms with Crippen LogP contribution in [0.5, 0.6) is 11.5 Å². The lowest BCUT2D eigenvalue weighted by molar-refractivity contribution is -0.113. The Bertz CT molecular complexity index is 1210. The molecule has 0 fully saturated rings. The van der Waals surface area contributed by atoms with Gasteiger partial charge in [0.1, 0.15) is 23.0 Å². The Hall–Kier alpha value is -3.86. The minimum absolute atomic E-state index is 0.0845. The van der Waals surface area contributed by atoms with Gasteiger partial charge in [-0.3, -0.25) is 9.69 Å². The Morgan fingerprint density at radius 1 is 0.935 bits per heavy atom. The maximum Gasteiger partial charge on any atom is 0.296 e. The lowest BCUT2D eigenvalue weighted by Crippen LogP contribution is -2.28. The largest absolute Gasteiger partial charge is 0.508 e. The van der Waals surface area contributed by atoms with E-state index in [1.165, 1.54) is 0 Å². The van der Waals surface area contributed by atoms with Crippen molar-refractivity contribution in [3.05, 3.63) is 94.7 Å². The minimum atomic E-state index is -0.388. The topological polar surface area (TPSA) is 73.1 Å². The minimum Gasteiger partial charge on any atom is -0.508 e. The number of hydrogen-bond acceptors (Lipinski definition) is 4. The number of rotatable bonds is 4. The number of hydrogen-bond donors (Lipinski definition) is 2. The van der Waals surface area contributed by atoms with Crippen molar-refractivity contribution < 1.29 is 15.0 Å². The predicted octanol–water partition coefficient (Wildman–Crippen LogP) is 5.36. The van der Waals surface area contributed by atoms with Crippen LogP contribution in [0.4, 0.5) is 5.69 Å². The summed E-state index contributed by atoms with van der Waals surface area (Å²) in [4.78, 5) is 19.2. The van der Waals surface area contributed by atoms with Crippen molar-refractivity contribution in [2.75, 3.05) is 4.90 Å². The molecule has 1 heterocycles. The van der Waals surface area contributed by atoms with Gasteiger partial charge in [-0.2, -0.15) is 4.99 Å². The molecule has 5 heteroatoms. The summed E-state index contributed by atoms with van der Waals surface area (Å²) < 4.78 is 0. The van der Waals surface area contributed by atoms with Crippen molar-refractivity contribution in [1.29, 1.82) is 0 Å². The fourth-order valence-electron chi connectivity index (χ4n) is 3.72. The summed E-state index contributed by atoms with van der Waals surface area (Å²) in [7, 11) is 0. The van der Waals surface area contributed by atoms with E-state index < -0.39 is 0 Å². The average Bonchev–Trinajstić information content (AvgIpc) is 3.06. The van der Waals surface area contributed by atoms with Gasteiger partial charge >= 0.3 is 0 Å². The van der Waals surface area contributed by atoms with Gasteiger partial charge in [-0.25, -0.2) is 0 Å². The molecule has 0 aromatic heterocycles. The Kier molecular flexibility index (Phi) is 5.34. The number of anilines is 1. The molecular formula is C26H24N2O3. The van der Waals surface area contributed by atoms with Crippen LogP contribution >= 0.6 is 0 Å². The lowest BCUT2D eigenvalue weighted by Gasteiger charge is -2.25. The first-order valence-electron chi connectivity index (χ1n) is 10.2. The van der Waals surface area contributed by atoms with Crippen molar-refractivity contribution in [3.63, 3.8) is 0 Å². The number of benzene rings is 3. The van der Waals surface area contributed by atoms with Gasteiger partial charge in [-0.05, 0) is 48.2 Å². The molecule has 2 N–H and O–H groups in total. The van der Waals surface area contributed by atoms with Crippen molar-refractivity contribution in [3.8, 4) is 11.5 Å². The zero-order valence-electron chi connectivity index (χ0n) is 17.7. The number of amides is 1. The molecule has 0 bridgehead atoms. The Morgan fingerprint density at radius 3 is 2.29 bits per heavy atom.